The highest BCUT2D eigenvalue weighted by molar-refractivity contribution is 6.33. The van der Waals surface area contributed by atoms with Gasteiger partial charge >= 0.3 is 6.36 Å². The van der Waals surface area contributed by atoms with Crippen molar-refractivity contribution < 1.29 is 22.6 Å². The largest absolute Gasteiger partial charge is 0.574 e. The molecule has 29 heavy (non-hydrogen) atoms. The second-order valence-electron chi connectivity index (χ2n) is 6.65. The van der Waals surface area contributed by atoms with Crippen LogP contribution in [0.1, 0.15) is 38.2 Å². The highest BCUT2D eigenvalue weighted by atomic mass is 35.5. The molecule has 0 saturated carbocycles. The van der Waals surface area contributed by atoms with Gasteiger partial charge in [0, 0.05) is 24.7 Å². The first-order chi connectivity index (χ1) is 13.7. The number of fused-ring (bicyclic) bond motifs is 1. The number of halogens is 4. The molecule has 3 aromatic rings. The van der Waals surface area contributed by atoms with Gasteiger partial charge in [0.05, 0.1) is 23.4 Å². The summed E-state index contributed by atoms with van der Waals surface area (Å²) in [7, 11) is 3.21. The summed E-state index contributed by atoms with van der Waals surface area (Å²) in [6.45, 7) is 4.27. The molecule has 0 saturated heterocycles. The molecule has 0 fully saturated rings. The van der Waals surface area contributed by atoms with Crippen LogP contribution in [0.2, 0.25) is 5.02 Å². The minimum absolute atomic E-state index is 0.0603. The van der Waals surface area contributed by atoms with Crippen molar-refractivity contribution in [2.75, 3.05) is 7.11 Å². The predicted molar refractivity (Wildman–Crippen MR) is 106 cm³/mol. The number of nitrogens with zero attached hydrogens (tertiary/aromatic N) is 3. The lowest BCUT2D eigenvalue weighted by Gasteiger charge is -2.13. The van der Waals surface area contributed by atoms with Crippen LogP contribution in [0.3, 0.4) is 0 Å². The minimum atomic E-state index is -4.84. The van der Waals surface area contributed by atoms with E-state index in [1.807, 2.05) is 23.9 Å². The van der Waals surface area contributed by atoms with E-state index in [0.29, 0.717) is 22.2 Å². The molecule has 0 aromatic carbocycles. The molecule has 0 bridgehead atoms. The summed E-state index contributed by atoms with van der Waals surface area (Å²) in [5.74, 6) is -0.294. The molecule has 0 aliphatic heterocycles. The fraction of sp³-hybridized carbons (Fsp3) is 0.400. The summed E-state index contributed by atoms with van der Waals surface area (Å²) >= 11 is 6.52. The lowest BCUT2D eigenvalue weighted by atomic mass is 9.94. The van der Waals surface area contributed by atoms with Gasteiger partial charge in [-0.15, -0.1) is 13.2 Å². The van der Waals surface area contributed by atoms with E-state index >= 15 is 0 Å². The average molecular weight is 428 g/mol. The van der Waals surface area contributed by atoms with Crippen molar-refractivity contribution in [1.82, 2.24) is 14.5 Å². The van der Waals surface area contributed by atoms with E-state index in [1.54, 1.807) is 0 Å². The smallest absolute Gasteiger partial charge is 0.480 e. The number of pyridine rings is 2. The van der Waals surface area contributed by atoms with Gasteiger partial charge in [-0.2, -0.15) is 4.98 Å². The Kier molecular flexibility index (Phi) is 5.93. The molecule has 0 aliphatic rings. The Morgan fingerprint density at radius 3 is 2.45 bits per heavy atom. The number of alkyl halides is 3. The Hall–Kier alpha value is -2.48. The van der Waals surface area contributed by atoms with Crippen molar-refractivity contribution in [3.63, 3.8) is 0 Å². The van der Waals surface area contributed by atoms with E-state index in [-0.39, 0.29) is 5.88 Å². The van der Waals surface area contributed by atoms with Crippen LogP contribution in [-0.4, -0.2) is 28.0 Å². The normalized spacial score (nSPS) is 12.0. The van der Waals surface area contributed by atoms with Gasteiger partial charge in [0.15, 0.2) is 0 Å². The second kappa shape index (κ2) is 8.10. The Labute approximate surface area is 171 Å². The molecule has 3 aromatic heterocycles. The molecule has 0 unspecified atom stereocenters. The summed E-state index contributed by atoms with van der Waals surface area (Å²) in [4.78, 5) is 8.46. The number of hydrogen-bond acceptors (Lipinski definition) is 4. The van der Waals surface area contributed by atoms with Crippen molar-refractivity contribution in [1.29, 1.82) is 0 Å². The van der Waals surface area contributed by atoms with Gasteiger partial charge in [0.1, 0.15) is 5.65 Å². The van der Waals surface area contributed by atoms with Gasteiger partial charge in [-0.25, -0.2) is 4.98 Å². The van der Waals surface area contributed by atoms with Crippen LogP contribution in [0.15, 0.2) is 24.4 Å². The third-order valence-corrected chi connectivity index (χ3v) is 5.15. The SMILES string of the molecule is CCC(CC)c1cn(C)c2nc(-c3ccc(OC(F)(F)F)nc3OC)c(Cl)cc12. The van der Waals surface area contributed by atoms with Crippen LogP contribution < -0.4 is 9.47 Å². The monoisotopic (exact) mass is 427 g/mol. The van der Waals surface area contributed by atoms with Gasteiger partial charge in [-0.05, 0) is 36.5 Å². The number of aromatic nitrogens is 3. The van der Waals surface area contributed by atoms with Crippen LogP contribution in [-0.2, 0) is 7.05 Å². The number of ether oxygens (including phenoxy) is 2. The topological polar surface area (TPSA) is 49.2 Å². The van der Waals surface area contributed by atoms with E-state index in [2.05, 4.69) is 28.6 Å². The van der Waals surface area contributed by atoms with Crippen molar-refractivity contribution in [3.05, 3.63) is 35.0 Å². The quantitative estimate of drug-likeness (QED) is 0.477. The van der Waals surface area contributed by atoms with Crippen molar-refractivity contribution in [2.24, 2.45) is 7.05 Å². The zero-order valence-electron chi connectivity index (χ0n) is 16.5. The first kappa shape index (κ1) is 21.2. The first-order valence-electron chi connectivity index (χ1n) is 9.15. The highest BCUT2D eigenvalue weighted by Crippen LogP contribution is 2.39. The van der Waals surface area contributed by atoms with Gasteiger partial charge in [-0.3, -0.25) is 0 Å². The van der Waals surface area contributed by atoms with Gasteiger partial charge in [0.2, 0.25) is 11.8 Å². The molecule has 9 heteroatoms. The fourth-order valence-electron chi connectivity index (χ4n) is 3.48. The molecule has 5 nitrogen and oxygen atoms in total. The van der Waals surface area contributed by atoms with E-state index in [9.17, 15) is 13.2 Å². The van der Waals surface area contributed by atoms with Crippen molar-refractivity contribution >= 4 is 22.6 Å². The molecular weight excluding hydrogens is 407 g/mol. The van der Waals surface area contributed by atoms with E-state index < -0.39 is 12.2 Å². The van der Waals surface area contributed by atoms with Crippen LogP contribution >= 0.6 is 11.6 Å². The number of hydrogen-bond donors (Lipinski definition) is 0. The predicted octanol–water partition coefficient (Wildman–Crippen LogP) is 6.10. The molecule has 0 atom stereocenters. The minimum Gasteiger partial charge on any atom is -0.480 e. The van der Waals surface area contributed by atoms with Crippen molar-refractivity contribution in [2.45, 2.75) is 39.0 Å². The zero-order chi connectivity index (χ0) is 21.3. The summed E-state index contributed by atoms with van der Waals surface area (Å²) in [6.07, 6.45) is -0.811. The molecular formula is C20H21ClF3N3O2. The molecule has 0 N–H and O–H groups in total. The number of rotatable bonds is 6. The second-order valence-corrected chi connectivity index (χ2v) is 7.06. The molecule has 0 amide bonds. The van der Waals surface area contributed by atoms with Crippen LogP contribution in [0.25, 0.3) is 22.3 Å². The summed E-state index contributed by atoms with van der Waals surface area (Å²) in [6, 6.07) is 4.35. The van der Waals surface area contributed by atoms with Gasteiger partial charge in [0.25, 0.3) is 0 Å². The average Bonchev–Trinajstić information content (AvgIpc) is 2.96. The first-order valence-corrected chi connectivity index (χ1v) is 9.52. The standard InChI is InChI=1S/C20H21ClF3N3O2/c1-5-11(6-2)14-10-27(3)18-13(14)9-15(21)17(26-18)12-7-8-16(25-19(12)28-4)29-20(22,23)24/h7-11H,5-6H2,1-4H3. The highest BCUT2D eigenvalue weighted by Gasteiger charge is 2.32. The van der Waals surface area contributed by atoms with Crippen LogP contribution in [0.5, 0.6) is 11.8 Å². The van der Waals surface area contributed by atoms with Gasteiger partial charge < -0.3 is 14.0 Å². The van der Waals surface area contributed by atoms with Crippen molar-refractivity contribution in [3.8, 4) is 23.0 Å². The summed E-state index contributed by atoms with van der Waals surface area (Å²) in [5.41, 5.74) is 2.65. The zero-order valence-corrected chi connectivity index (χ0v) is 17.2. The summed E-state index contributed by atoms with van der Waals surface area (Å²) < 4.78 is 48.4. The van der Waals surface area contributed by atoms with Gasteiger partial charge in [-0.1, -0.05) is 25.4 Å². The van der Waals surface area contributed by atoms with Crippen LogP contribution in [0.4, 0.5) is 13.2 Å². The molecule has 156 valence electrons. The lowest BCUT2D eigenvalue weighted by molar-refractivity contribution is -0.276. The maximum Gasteiger partial charge on any atom is 0.574 e. The molecule has 0 spiro atoms. The van der Waals surface area contributed by atoms with Crippen LogP contribution in [0, 0.1) is 0 Å². The molecule has 3 heterocycles. The van der Waals surface area contributed by atoms with E-state index in [0.717, 1.165) is 29.9 Å². The maximum atomic E-state index is 12.5. The third kappa shape index (κ3) is 4.27. The molecule has 0 radical (unpaired) electrons. The molecule has 0 aliphatic carbocycles. The Morgan fingerprint density at radius 1 is 1.17 bits per heavy atom. The molecule has 3 rings (SSSR count). The fourth-order valence-corrected chi connectivity index (χ4v) is 3.73. The number of aryl methyl sites for hydroxylation is 1. The number of methoxy groups -OCH3 is 1. The van der Waals surface area contributed by atoms with E-state index in [4.69, 9.17) is 16.3 Å². The summed E-state index contributed by atoms with van der Waals surface area (Å²) in [5, 5.41) is 1.32. The Morgan fingerprint density at radius 2 is 1.86 bits per heavy atom. The Balaban J connectivity index is 2.13. The van der Waals surface area contributed by atoms with E-state index in [1.165, 1.54) is 18.7 Å². The third-order valence-electron chi connectivity index (χ3n) is 4.86. The lowest BCUT2D eigenvalue weighted by Crippen LogP contribution is -2.18. The Bertz CT molecular complexity index is 1030. The maximum absolute atomic E-state index is 12.5.